The minimum Gasteiger partial charge on any atom is -0.381 e. The molecular weight excluding hydrogens is 232 g/mol. The summed E-state index contributed by atoms with van der Waals surface area (Å²) in [7, 11) is 0. The molecule has 2 saturated heterocycles. The zero-order valence-electron chi connectivity index (χ0n) is 11.4. The summed E-state index contributed by atoms with van der Waals surface area (Å²) in [6.45, 7) is 11.8. The number of thioether (sulfide) groups is 1. The van der Waals surface area contributed by atoms with Gasteiger partial charge < -0.3 is 10.5 Å². The minimum absolute atomic E-state index is 0.120. The van der Waals surface area contributed by atoms with Gasteiger partial charge in [-0.2, -0.15) is 11.8 Å². The van der Waals surface area contributed by atoms with Crippen LogP contribution in [0.2, 0.25) is 0 Å². The van der Waals surface area contributed by atoms with Crippen LogP contribution in [0.5, 0.6) is 0 Å². The maximum Gasteiger partial charge on any atom is 0.0513 e. The summed E-state index contributed by atoms with van der Waals surface area (Å²) in [6.07, 6.45) is 1.16. The van der Waals surface area contributed by atoms with Crippen LogP contribution in [-0.2, 0) is 4.74 Å². The van der Waals surface area contributed by atoms with Crippen molar-refractivity contribution in [3.8, 4) is 0 Å². The summed E-state index contributed by atoms with van der Waals surface area (Å²) < 4.78 is 5.92. The molecule has 2 atom stereocenters. The Kier molecular flexibility index (Phi) is 4.08. The first-order valence-electron chi connectivity index (χ1n) is 6.65. The first kappa shape index (κ1) is 13.7. The predicted octanol–water partition coefficient (Wildman–Crippen LogP) is 1.57. The number of hydrogen-bond donors (Lipinski definition) is 1. The average Bonchev–Trinajstić information content (AvgIpc) is 2.80. The summed E-state index contributed by atoms with van der Waals surface area (Å²) >= 11 is 2.08. The Hall–Kier alpha value is 0.230. The molecule has 2 heterocycles. The van der Waals surface area contributed by atoms with Crippen molar-refractivity contribution in [1.29, 1.82) is 0 Å². The fourth-order valence-corrected chi connectivity index (χ4v) is 4.14. The first-order chi connectivity index (χ1) is 7.98. The van der Waals surface area contributed by atoms with Gasteiger partial charge >= 0.3 is 0 Å². The van der Waals surface area contributed by atoms with E-state index >= 15 is 0 Å². The fraction of sp³-hybridized carbons (Fsp3) is 1.00. The fourth-order valence-electron chi connectivity index (χ4n) is 3.03. The van der Waals surface area contributed by atoms with E-state index in [1.54, 1.807) is 0 Å². The Morgan fingerprint density at radius 2 is 2.29 bits per heavy atom. The molecule has 100 valence electrons. The second kappa shape index (κ2) is 5.08. The Labute approximate surface area is 109 Å². The Morgan fingerprint density at radius 1 is 1.53 bits per heavy atom. The molecule has 0 aromatic heterocycles. The molecule has 2 rings (SSSR count). The van der Waals surface area contributed by atoms with Gasteiger partial charge in [-0.25, -0.2) is 0 Å². The largest absolute Gasteiger partial charge is 0.381 e. The molecule has 0 aromatic rings. The average molecular weight is 258 g/mol. The van der Waals surface area contributed by atoms with E-state index in [9.17, 15) is 0 Å². The highest BCUT2D eigenvalue weighted by atomic mass is 32.2. The van der Waals surface area contributed by atoms with Crippen molar-refractivity contribution in [2.75, 3.05) is 38.6 Å². The van der Waals surface area contributed by atoms with Crippen LogP contribution in [0.3, 0.4) is 0 Å². The summed E-state index contributed by atoms with van der Waals surface area (Å²) in [4.78, 5) is 2.61. The molecule has 2 aliphatic heterocycles. The standard InChI is InChI=1S/C13H26N2OS/c1-12(2)10-15(5-7-17-12)13(3,9-14)11-4-6-16-8-11/h11H,4-10,14H2,1-3H3. The van der Waals surface area contributed by atoms with Crippen LogP contribution in [0.1, 0.15) is 27.2 Å². The van der Waals surface area contributed by atoms with Gasteiger partial charge in [0.1, 0.15) is 0 Å². The van der Waals surface area contributed by atoms with Crippen LogP contribution in [0.15, 0.2) is 0 Å². The molecule has 0 radical (unpaired) electrons. The summed E-state index contributed by atoms with van der Waals surface area (Å²) in [6, 6.07) is 0. The lowest BCUT2D eigenvalue weighted by Gasteiger charge is -2.50. The zero-order valence-corrected chi connectivity index (χ0v) is 12.2. The van der Waals surface area contributed by atoms with Crippen LogP contribution in [0, 0.1) is 5.92 Å². The molecule has 2 N–H and O–H groups in total. The molecule has 4 heteroatoms. The van der Waals surface area contributed by atoms with Gasteiger partial charge in [-0.15, -0.1) is 0 Å². The smallest absolute Gasteiger partial charge is 0.0513 e. The molecule has 0 spiro atoms. The topological polar surface area (TPSA) is 38.5 Å². The van der Waals surface area contributed by atoms with E-state index in [4.69, 9.17) is 10.5 Å². The van der Waals surface area contributed by atoms with Crippen molar-refractivity contribution in [2.45, 2.75) is 37.5 Å². The van der Waals surface area contributed by atoms with E-state index in [0.717, 1.165) is 39.3 Å². The highest BCUT2D eigenvalue weighted by Gasteiger charge is 2.43. The number of ether oxygens (including phenoxy) is 1. The van der Waals surface area contributed by atoms with Crippen molar-refractivity contribution < 1.29 is 4.74 Å². The normalized spacial score (nSPS) is 33.5. The third-order valence-corrected chi connectivity index (χ3v) is 5.67. The molecule has 2 unspecified atom stereocenters. The van der Waals surface area contributed by atoms with Crippen LogP contribution < -0.4 is 5.73 Å². The zero-order chi connectivity index (χ0) is 12.5. The van der Waals surface area contributed by atoms with Gasteiger partial charge in [-0.05, 0) is 27.2 Å². The predicted molar refractivity (Wildman–Crippen MR) is 74.5 cm³/mol. The number of hydrogen-bond acceptors (Lipinski definition) is 4. The maximum atomic E-state index is 6.10. The minimum atomic E-state index is 0.120. The number of nitrogens with zero attached hydrogens (tertiary/aromatic N) is 1. The van der Waals surface area contributed by atoms with Crippen molar-refractivity contribution in [3.05, 3.63) is 0 Å². The quantitative estimate of drug-likeness (QED) is 0.834. The SMILES string of the molecule is CC1(C)CN(C(C)(CN)C2CCOC2)CCS1. The van der Waals surface area contributed by atoms with Gasteiger partial charge in [0.25, 0.3) is 0 Å². The van der Waals surface area contributed by atoms with E-state index < -0.39 is 0 Å². The molecule has 2 aliphatic rings. The van der Waals surface area contributed by atoms with Crippen molar-refractivity contribution >= 4 is 11.8 Å². The first-order valence-corrected chi connectivity index (χ1v) is 7.63. The van der Waals surface area contributed by atoms with E-state index in [2.05, 4.69) is 37.4 Å². The van der Waals surface area contributed by atoms with Crippen molar-refractivity contribution in [3.63, 3.8) is 0 Å². The number of rotatable bonds is 3. The van der Waals surface area contributed by atoms with Gasteiger partial charge in [0.05, 0.1) is 6.61 Å². The lowest BCUT2D eigenvalue weighted by molar-refractivity contribution is 0.0415. The van der Waals surface area contributed by atoms with Crippen LogP contribution in [0.4, 0.5) is 0 Å². The molecule has 0 amide bonds. The summed E-state index contributed by atoms with van der Waals surface area (Å²) in [5, 5.41) is 0. The highest BCUT2D eigenvalue weighted by molar-refractivity contribution is 8.00. The monoisotopic (exact) mass is 258 g/mol. The van der Waals surface area contributed by atoms with E-state index in [-0.39, 0.29) is 5.54 Å². The Balaban J connectivity index is 2.10. The van der Waals surface area contributed by atoms with Crippen LogP contribution in [-0.4, -0.2) is 53.8 Å². The molecule has 0 saturated carbocycles. The van der Waals surface area contributed by atoms with E-state index in [1.807, 2.05) is 0 Å². The van der Waals surface area contributed by atoms with E-state index in [0.29, 0.717) is 10.7 Å². The van der Waals surface area contributed by atoms with Crippen molar-refractivity contribution in [1.82, 2.24) is 4.90 Å². The molecule has 3 nitrogen and oxygen atoms in total. The molecule has 0 bridgehead atoms. The molecule has 0 aliphatic carbocycles. The van der Waals surface area contributed by atoms with Gasteiger partial charge in [0.2, 0.25) is 0 Å². The van der Waals surface area contributed by atoms with Crippen LogP contribution in [0.25, 0.3) is 0 Å². The third kappa shape index (κ3) is 2.80. The van der Waals surface area contributed by atoms with Gasteiger partial charge in [-0.1, -0.05) is 0 Å². The van der Waals surface area contributed by atoms with Crippen molar-refractivity contribution in [2.24, 2.45) is 11.7 Å². The number of nitrogens with two attached hydrogens (primary N) is 1. The third-order valence-electron chi connectivity index (χ3n) is 4.37. The second-order valence-corrected chi connectivity index (χ2v) is 7.95. The molecule has 17 heavy (non-hydrogen) atoms. The maximum absolute atomic E-state index is 6.10. The molecular formula is C13H26N2OS. The van der Waals surface area contributed by atoms with Crippen LogP contribution >= 0.6 is 11.8 Å². The Morgan fingerprint density at radius 3 is 2.82 bits per heavy atom. The molecule has 0 aromatic carbocycles. The van der Waals surface area contributed by atoms with Gasteiger partial charge in [-0.3, -0.25) is 4.90 Å². The Bertz CT molecular complexity index is 266. The van der Waals surface area contributed by atoms with E-state index in [1.165, 1.54) is 5.75 Å². The summed E-state index contributed by atoms with van der Waals surface area (Å²) in [5.41, 5.74) is 6.22. The lowest BCUT2D eigenvalue weighted by Crippen LogP contribution is -2.61. The second-order valence-electron chi connectivity index (χ2n) is 6.15. The lowest BCUT2D eigenvalue weighted by atomic mass is 9.82. The van der Waals surface area contributed by atoms with Gasteiger partial charge in [0.15, 0.2) is 0 Å². The molecule has 2 fully saturated rings. The summed E-state index contributed by atoms with van der Waals surface area (Å²) in [5.74, 6) is 1.82. The van der Waals surface area contributed by atoms with Gasteiger partial charge in [0, 0.05) is 48.2 Å². The highest BCUT2D eigenvalue weighted by Crippen LogP contribution is 2.37.